The fourth-order valence-electron chi connectivity index (χ4n) is 4.24. The van der Waals surface area contributed by atoms with Gasteiger partial charge in [-0.15, -0.1) is 0 Å². The highest BCUT2D eigenvalue weighted by Gasteiger charge is 2.27. The molecule has 4 rings (SSSR count). The van der Waals surface area contributed by atoms with Crippen molar-refractivity contribution in [2.75, 3.05) is 24.6 Å². The quantitative estimate of drug-likeness (QED) is 0.818. The second-order valence-electron chi connectivity index (χ2n) is 7.72. The van der Waals surface area contributed by atoms with E-state index in [1.165, 1.54) is 36.5 Å². The van der Waals surface area contributed by atoms with Gasteiger partial charge in [0.25, 0.3) is 5.91 Å². The molecule has 2 aliphatic heterocycles. The molecule has 5 heteroatoms. The van der Waals surface area contributed by atoms with E-state index in [-0.39, 0.29) is 17.8 Å². The summed E-state index contributed by atoms with van der Waals surface area (Å²) in [6, 6.07) is 14.9. The van der Waals surface area contributed by atoms with Crippen LogP contribution in [0, 0.1) is 5.82 Å². The second kappa shape index (κ2) is 9.10. The number of carbonyl (C=O) groups excluding carboxylic acids is 1. The average molecular weight is 399 g/mol. The standard InChI is InChI=1S/C23H27FN2OS/c24-20-6-2-4-18(16-20)17-3-1-5-19(15-17)23(27)25-21-7-11-26(12-8-21)22-9-13-28-14-10-22/h1-6,15-16,21-22H,7-14H2,(H,25,27). The lowest BCUT2D eigenvalue weighted by atomic mass is 9.99. The summed E-state index contributed by atoms with van der Waals surface area (Å²) < 4.78 is 13.5. The maximum Gasteiger partial charge on any atom is 0.251 e. The van der Waals surface area contributed by atoms with Crippen LogP contribution in [0.15, 0.2) is 48.5 Å². The zero-order valence-corrected chi connectivity index (χ0v) is 16.9. The van der Waals surface area contributed by atoms with E-state index in [9.17, 15) is 9.18 Å². The van der Waals surface area contributed by atoms with Crippen molar-refractivity contribution in [2.24, 2.45) is 0 Å². The highest BCUT2D eigenvalue weighted by molar-refractivity contribution is 7.99. The van der Waals surface area contributed by atoms with E-state index in [0.717, 1.165) is 43.1 Å². The first-order valence-corrected chi connectivity index (χ1v) is 11.3. The molecule has 0 atom stereocenters. The van der Waals surface area contributed by atoms with Crippen LogP contribution in [0.2, 0.25) is 0 Å². The third kappa shape index (κ3) is 4.76. The van der Waals surface area contributed by atoms with Crippen molar-refractivity contribution < 1.29 is 9.18 Å². The Kier molecular flexibility index (Phi) is 6.33. The van der Waals surface area contributed by atoms with Gasteiger partial charge in [-0.1, -0.05) is 24.3 Å². The van der Waals surface area contributed by atoms with Crippen LogP contribution in [-0.4, -0.2) is 47.5 Å². The Labute approximate surface area is 170 Å². The van der Waals surface area contributed by atoms with Crippen molar-refractivity contribution in [2.45, 2.75) is 37.8 Å². The number of nitrogens with one attached hydrogen (secondary N) is 1. The molecule has 3 nitrogen and oxygen atoms in total. The van der Waals surface area contributed by atoms with Crippen molar-refractivity contribution in [1.82, 2.24) is 10.2 Å². The van der Waals surface area contributed by atoms with Gasteiger partial charge in [0.1, 0.15) is 5.82 Å². The maximum absolute atomic E-state index is 13.5. The van der Waals surface area contributed by atoms with E-state index >= 15 is 0 Å². The summed E-state index contributed by atoms with van der Waals surface area (Å²) in [7, 11) is 0. The Morgan fingerprint density at radius 3 is 2.36 bits per heavy atom. The van der Waals surface area contributed by atoms with Crippen LogP contribution in [-0.2, 0) is 0 Å². The van der Waals surface area contributed by atoms with Crippen LogP contribution < -0.4 is 5.32 Å². The van der Waals surface area contributed by atoms with E-state index in [0.29, 0.717) is 5.56 Å². The molecule has 2 aromatic rings. The summed E-state index contributed by atoms with van der Waals surface area (Å²) in [5.41, 5.74) is 2.28. The Hall–Kier alpha value is -1.85. The molecule has 0 radical (unpaired) electrons. The minimum Gasteiger partial charge on any atom is -0.349 e. The number of halogens is 1. The number of hydrogen-bond donors (Lipinski definition) is 1. The minimum absolute atomic E-state index is 0.0363. The van der Waals surface area contributed by atoms with Crippen molar-refractivity contribution in [3.05, 3.63) is 59.9 Å². The van der Waals surface area contributed by atoms with Gasteiger partial charge in [0, 0.05) is 30.7 Å². The van der Waals surface area contributed by atoms with E-state index in [2.05, 4.69) is 22.0 Å². The number of benzene rings is 2. The zero-order valence-electron chi connectivity index (χ0n) is 16.1. The topological polar surface area (TPSA) is 32.3 Å². The molecule has 0 aromatic heterocycles. The molecule has 2 heterocycles. The summed E-state index contributed by atoms with van der Waals surface area (Å²) in [4.78, 5) is 15.4. The number of amides is 1. The molecule has 2 aliphatic rings. The maximum atomic E-state index is 13.5. The van der Waals surface area contributed by atoms with E-state index < -0.39 is 0 Å². The summed E-state index contributed by atoms with van der Waals surface area (Å²) in [6.45, 7) is 2.15. The first kappa shape index (κ1) is 19.5. The van der Waals surface area contributed by atoms with Gasteiger partial charge < -0.3 is 10.2 Å². The third-order valence-electron chi connectivity index (χ3n) is 5.85. The molecule has 0 spiro atoms. The number of nitrogens with zero attached hydrogens (tertiary/aromatic N) is 1. The molecule has 28 heavy (non-hydrogen) atoms. The van der Waals surface area contributed by atoms with Gasteiger partial charge in [-0.05, 0) is 72.6 Å². The van der Waals surface area contributed by atoms with Gasteiger partial charge >= 0.3 is 0 Å². The number of thioether (sulfide) groups is 1. The number of hydrogen-bond acceptors (Lipinski definition) is 3. The molecular weight excluding hydrogens is 371 g/mol. The summed E-state index contributed by atoms with van der Waals surface area (Å²) in [6.07, 6.45) is 4.63. The van der Waals surface area contributed by atoms with Gasteiger partial charge in [0.05, 0.1) is 0 Å². The lowest BCUT2D eigenvalue weighted by molar-refractivity contribution is 0.0886. The first-order chi connectivity index (χ1) is 13.7. The number of likely N-dealkylation sites (tertiary alicyclic amines) is 1. The molecule has 0 unspecified atom stereocenters. The van der Waals surface area contributed by atoms with Crippen molar-refractivity contribution in [3.63, 3.8) is 0 Å². The molecule has 0 bridgehead atoms. The van der Waals surface area contributed by atoms with Crippen LogP contribution in [0.1, 0.15) is 36.0 Å². The number of carbonyl (C=O) groups is 1. The van der Waals surface area contributed by atoms with Crippen LogP contribution in [0.25, 0.3) is 11.1 Å². The van der Waals surface area contributed by atoms with Crippen molar-refractivity contribution in [3.8, 4) is 11.1 Å². The molecule has 2 aromatic carbocycles. The van der Waals surface area contributed by atoms with Gasteiger partial charge in [-0.3, -0.25) is 4.79 Å². The Morgan fingerprint density at radius 1 is 0.964 bits per heavy atom. The van der Waals surface area contributed by atoms with E-state index in [1.54, 1.807) is 6.07 Å². The van der Waals surface area contributed by atoms with Crippen LogP contribution >= 0.6 is 11.8 Å². The fraction of sp³-hybridized carbons (Fsp3) is 0.435. The van der Waals surface area contributed by atoms with Crippen molar-refractivity contribution in [1.29, 1.82) is 0 Å². The molecule has 2 fully saturated rings. The van der Waals surface area contributed by atoms with Crippen molar-refractivity contribution >= 4 is 17.7 Å². The Balaban J connectivity index is 1.35. The largest absolute Gasteiger partial charge is 0.349 e. The monoisotopic (exact) mass is 398 g/mol. The van der Waals surface area contributed by atoms with Gasteiger partial charge in [-0.25, -0.2) is 4.39 Å². The predicted octanol–water partition coefficient (Wildman–Crippen LogP) is 4.58. The molecule has 1 N–H and O–H groups in total. The Morgan fingerprint density at radius 2 is 1.64 bits per heavy atom. The highest BCUT2D eigenvalue weighted by Crippen LogP contribution is 2.25. The fourth-order valence-corrected chi connectivity index (χ4v) is 5.32. The molecule has 1 amide bonds. The zero-order chi connectivity index (χ0) is 19.3. The molecular formula is C23H27FN2OS. The summed E-state index contributed by atoms with van der Waals surface area (Å²) >= 11 is 2.06. The lowest BCUT2D eigenvalue weighted by Gasteiger charge is -2.39. The first-order valence-electron chi connectivity index (χ1n) is 10.2. The summed E-state index contributed by atoms with van der Waals surface area (Å²) in [5, 5.41) is 3.20. The average Bonchev–Trinajstić information content (AvgIpc) is 2.75. The normalized spacial score (nSPS) is 19.5. The van der Waals surface area contributed by atoms with Crippen LogP contribution in [0.4, 0.5) is 4.39 Å². The molecule has 0 saturated carbocycles. The summed E-state index contributed by atoms with van der Waals surface area (Å²) in [5.74, 6) is 2.26. The SMILES string of the molecule is O=C(NC1CCN(C2CCSCC2)CC1)c1cccc(-c2cccc(F)c2)c1. The van der Waals surface area contributed by atoms with Crippen LogP contribution in [0.3, 0.4) is 0 Å². The Bertz CT molecular complexity index is 814. The molecule has 0 aliphatic carbocycles. The second-order valence-corrected chi connectivity index (χ2v) is 8.94. The molecule has 2 saturated heterocycles. The van der Waals surface area contributed by atoms with Gasteiger partial charge in [0.2, 0.25) is 0 Å². The predicted molar refractivity (Wildman–Crippen MR) is 114 cm³/mol. The van der Waals surface area contributed by atoms with E-state index in [1.807, 2.05) is 30.3 Å². The third-order valence-corrected chi connectivity index (χ3v) is 6.90. The number of rotatable bonds is 4. The van der Waals surface area contributed by atoms with Crippen LogP contribution in [0.5, 0.6) is 0 Å². The minimum atomic E-state index is -0.268. The van der Waals surface area contributed by atoms with Gasteiger partial charge in [-0.2, -0.15) is 11.8 Å². The van der Waals surface area contributed by atoms with E-state index in [4.69, 9.17) is 0 Å². The highest BCUT2D eigenvalue weighted by atomic mass is 32.2. The van der Waals surface area contributed by atoms with Gasteiger partial charge in [0.15, 0.2) is 0 Å². The smallest absolute Gasteiger partial charge is 0.251 e. The number of piperidine rings is 1. The molecule has 148 valence electrons. The lowest BCUT2D eigenvalue weighted by Crippen LogP contribution is -2.48.